The first-order chi connectivity index (χ1) is 25.6. The maximum absolute atomic E-state index is 5.07. The van der Waals surface area contributed by atoms with Crippen LogP contribution >= 0.6 is 11.3 Å². The number of hydrogen-bond donors (Lipinski definition) is 0. The van der Waals surface area contributed by atoms with E-state index < -0.39 is 0 Å². The SMILES string of the molecule is C=C/C(=C\C=C(/CC)c1ccccc1C)c1nc(-c2ccc(-c3ccc(-c4ccccc4)cc3)cc2)nc(-c2ccc3c(c2)sc2ccccc23)n1. The molecule has 2 heterocycles. The molecule has 0 aliphatic carbocycles. The monoisotopic (exact) mass is 687 g/mol. The Balaban J connectivity index is 1.20. The molecule has 0 amide bonds. The fourth-order valence-electron chi connectivity index (χ4n) is 6.68. The lowest BCUT2D eigenvalue weighted by molar-refractivity contribution is 1.04. The van der Waals surface area contributed by atoms with Crippen LogP contribution in [0.3, 0.4) is 0 Å². The van der Waals surface area contributed by atoms with Crippen LogP contribution in [0, 0.1) is 6.92 Å². The third kappa shape index (κ3) is 6.64. The quantitative estimate of drug-likeness (QED) is 0.142. The number of fused-ring (bicyclic) bond motifs is 3. The lowest BCUT2D eigenvalue weighted by Crippen LogP contribution is -2.02. The molecule has 2 aromatic heterocycles. The Labute approximate surface area is 309 Å². The van der Waals surface area contributed by atoms with E-state index in [9.17, 15) is 0 Å². The Morgan fingerprint density at radius 1 is 0.558 bits per heavy atom. The maximum Gasteiger partial charge on any atom is 0.164 e. The second-order valence-corrected chi connectivity index (χ2v) is 13.9. The number of aryl methyl sites for hydroxylation is 1. The molecule has 0 unspecified atom stereocenters. The normalized spacial score (nSPS) is 12.0. The molecule has 250 valence electrons. The standard InChI is InChI=1S/C48H37N3S/c1-4-33(41-16-10-9-13-32(41)3)19-20-34(5-2)46-49-47(51-48(50-46)40-29-30-43-42-17-11-12-18-44(42)52-45(43)31-40)39-27-25-38(26-28-39)37-23-21-36(22-24-37)35-14-7-6-8-15-35/h5-31H,2,4H2,1,3H3/b33-19+,34-20+. The van der Waals surface area contributed by atoms with Crippen molar-refractivity contribution in [2.24, 2.45) is 0 Å². The predicted octanol–water partition coefficient (Wildman–Crippen LogP) is 13.3. The van der Waals surface area contributed by atoms with Crippen LogP contribution < -0.4 is 0 Å². The summed E-state index contributed by atoms with van der Waals surface area (Å²) in [5.74, 6) is 1.84. The zero-order valence-corrected chi connectivity index (χ0v) is 30.1. The van der Waals surface area contributed by atoms with Crippen molar-refractivity contribution in [3.8, 4) is 45.0 Å². The minimum absolute atomic E-state index is 0.587. The second kappa shape index (κ2) is 14.6. The average molecular weight is 688 g/mol. The van der Waals surface area contributed by atoms with Gasteiger partial charge in [-0.2, -0.15) is 0 Å². The highest BCUT2D eigenvalue weighted by atomic mass is 32.1. The van der Waals surface area contributed by atoms with Crippen molar-refractivity contribution in [3.63, 3.8) is 0 Å². The lowest BCUT2D eigenvalue weighted by Gasteiger charge is -2.11. The van der Waals surface area contributed by atoms with E-state index in [0.29, 0.717) is 17.5 Å². The maximum atomic E-state index is 5.07. The molecule has 0 radical (unpaired) electrons. The van der Waals surface area contributed by atoms with E-state index in [1.54, 1.807) is 11.3 Å². The van der Waals surface area contributed by atoms with Crippen molar-refractivity contribution in [1.29, 1.82) is 0 Å². The molecule has 3 nitrogen and oxygen atoms in total. The lowest BCUT2D eigenvalue weighted by atomic mass is 9.98. The molecule has 0 fully saturated rings. The Morgan fingerprint density at radius 2 is 1.12 bits per heavy atom. The highest BCUT2D eigenvalue weighted by Gasteiger charge is 2.15. The summed E-state index contributed by atoms with van der Waals surface area (Å²) in [5.41, 5.74) is 11.1. The minimum Gasteiger partial charge on any atom is -0.208 e. The van der Waals surface area contributed by atoms with Gasteiger partial charge in [-0.25, -0.2) is 15.0 Å². The van der Waals surface area contributed by atoms with Crippen molar-refractivity contribution >= 4 is 42.7 Å². The molecule has 0 bridgehead atoms. The summed E-state index contributed by atoms with van der Waals surface area (Å²) in [6.45, 7) is 8.51. The fourth-order valence-corrected chi connectivity index (χ4v) is 7.83. The van der Waals surface area contributed by atoms with Crippen molar-refractivity contribution in [2.45, 2.75) is 20.3 Å². The third-order valence-electron chi connectivity index (χ3n) is 9.55. The summed E-state index contributed by atoms with van der Waals surface area (Å²) >= 11 is 1.79. The summed E-state index contributed by atoms with van der Waals surface area (Å²) in [4.78, 5) is 15.2. The molecule has 0 N–H and O–H groups in total. The molecule has 0 atom stereocenters. The van der Waals surface area contributed by atoms with E-state index in [-0.39, 0.29) is 0 Å². The number of aromatic nitrogens is 3. The zero-order valence-electron chi connectivity index (χ0n) is 29.3. The van der Waals surface area contributed by atoms with Gasteiger partial charge in [0.25, 0.3) is 0 Å². The smallest absolute Gasteiger partial charge is 0.164 e. The molecule has 6 aromatic carbocycles. The molecule has 8 rings (SSSR count). The highest BCUT2D eigenvalue weighted by Crippen LogP contribution is 2.36. The van der Waals surface area contributed by atoms with Crippen molar-refractivity contribution in [1.82, 2.24) is 15.0 Å². The van der Waals surface area contributed by atoms with Gasteiger partial charge in [0, 0.05) is 36.9 Å². The van der Waals surface area contributed by atoms with Crippen LogP contribution in [-0.2, 0) is 0 Å². The van der Waals surface area contributed by atoms with Gasteiger partial charge in [0.15, 0.2) is 17.5 Å². The molecule has 0 saturated carbocycles. The largest absolute Gasteiger partial charge is 0.208 e. The van der Waals surface area contributed by atoms with Crippen LogP contribution in [-0.4, -0.2) is 15.0 Å². The van der Waals surface area contributed by atoms with Gasteiger partial charge in [0.05, 0.1) is 0 Å². The van der Waals surface area contributed by atoms with E-state index in [2.05, 4.69) is 172 Å². The fraction of sp³-hybridized carbons (Fsp3) is 0.0625. The second-order valence-electron chi connectivity index (χ2n) is 12.8. The number of thiophene rings is 1. The Hall–Kier alpha value is -6.23. The number of benzene rings is 6. The van der Waals surface area contributed by atoms with Crippen LogP contribution in [0.1, 0.15) is 30.3 Å². The van der Waals surface area contributed by atoms with Crippen molar-refractivity contribution in [2.75, 3.05) is 0 Å². The minimum atomic E-state index is 0.587. The Morgan fingerprint density at radius 3 is 1.79 bits per heavy atom. The average Bonchev–Trinajstić information content (AvgIpc) is 3.58. The highest BCUT2D eigenvalue weighted by molar-refractivity contribution is 7.25. The van der Waals surface area contributed by atoms with Crippen LogP contribution in [0.4, 0.5) is 0 Å². The molecule has 8 aromatic rings. The van der Waals surface area contributed by atoms with Gasteiger partial charge >= 0.3 is 0 Å². The van der Waals surface area contributed by atoms with Gasteiger partial charge in [-0.1, -0.05) is 165 Å². The number of allylic oxidation sites excluding steroid dienone is 5. The Kier molecular flexibility index (Phi) is 9.22. The molecule has 0 aliphatic rings. The number of hydrogen-bond acceptors (Lipinski definition) is 4. The van der Waals surface area contributed by atoms with Crippen molar-refractivity contribution in [3.05, 3.63) is 187 Å². The summed E-state index contributed by atoms with van der Waals surface area (Å²) in [6.07, 6.45) is 6.99. The summed E-state index contributed by atoms with van der Waals surface area (Å²) < 4.78 is 2.48. The van der Waals surface area contributed by atoms with Gasteiger partial charge in [0.1, 0.15) is 0 Å². The number of rotatable bonds is 9. The molecule has 0 aliphatic heterocycles. The summed E-state index contributed by atoms with van der Waals surface area (Å²) in [5, 5.41) is 2.51. The molecule has 4 heteroatoms. The first-order valence-corrected chi connectivity index (χ1v) is 18.4. The van der Waals surface area contributed by atoms with Gasteiger partial charge in [-0.15, -0.1) is 11.3 Å². The first kappa shape index (κ1) is 32.9. The summed E-state index contributed by atoms with van der Waals surface area (Å²) in [7, 11) is 0. The van der Waals surface area contributed by atoms with Crippen LogP contribution in [0.5, 0.6) is 0 Å². The first-order valence-electron chi connectivity index (χ1n) is 17.6. The number of nitrogens with zero attached hydrogens (tertiary/aromatic N) is 3. The van der Waals surface area contributed by atoms with Crippen LogP contribution in [0.25, 0.3) is 76.3 Å². The van der Waals surface area contributed by atoms with E-state index >= 15 is 0 Å². The molecular weight excluding hydrogens is 651 g/mol. The predicted molar refractivity (Wildman–Crippen MR) is 222 cm³/mol. The molecular formula is C48H37N3S. The molecule has 52 heavy (non-hydrogen) atoms. The van der Waals surface area contributed by atoms with Crippen LogP contribution in [0.2, 0.25) is 0 Å². The van der Waals surface area contributed by atoms with Crippen LogP contribution in [0.15, 0.2) is 170 Å². The summed E-state index contributed by atoms with van der Waals surface area (Å²) in [6, 6.07) is 51.2. The zero-order chi connectivity index (χ0) is 35.4. The van der Waals surface area contributed by atoms with Gasteiger partial charge < -0.3 is 0 Å². The topological polar surface area (TPSA) is 38.7 Å². The Bertz CT molecular complexity index is 2610. The van der Waals surface area contributed by atoms with E-state index in [0.717, 1.165) is 34.2 Å². The van der Waals surface area contributed by atoms with Gasteiger partial charge in [-0.3, -0.25) is 0 Å². The molecule has 0 saturated heterocycles. The molecule has 0 spiro atoms. The van der Waals surface area contributed by atoms with E-state index in [1.165, 1.54) is 48.0 Å². The van der Waals surface area contributed by atoms with E-state index in [1.807, 2.05) is 12.1 Å². The van der Waals surface area contributed by atoms with Gasteiger partial charge in [0.2, 0.25) is 0 Å². The van der Waals surface area contributed by atoms with E-state index in [4.69, 9.17) is 15.0 Å². The van der Waals surface area contributed by atoms with Gasteiger partial charge in [-0.05, 0) is 64.4 Å². The third-order valence-corrected chi connectivity index (χ3v) is 10.7. The van der Waals surface area contributed by atoms with Crippen molar-refractivity contribution < 1.29 is 0 Å².